The van der Waals surface area contributed by atoms with Gasteiger partial charge in [-0.25, -0.2) is 18.0 Å². The summed E-state index contributed by atoms with van der Waals surface area (Å²) in [6.07, 6.45) is 0.530. The van der Waals surface area contributed by atoms with Crippen LogP contribution in [0.25, 0.3) is 0 Å². The molecule has 0 aliphatic rings. The number of urea groups is 1. The number of para-hydroxylation sites is 1. The highest BCUT2D eigenvalue weighted by Gasteiger charge is 2.14. The number of anilines is 1. The van der Waals surface area contributed by atoms with Gasteiger partial charge in [-0.2, -0.15) is 0 Å². The van der Waals surface area contributed by atoms with E-state index in [1.54, 1.807) is 0 Å². The maximum atomic E-state index is 13.4. The van der Waals surface area contributed by atoms with Crippen molar-refractivity contribution in [2.24, 2.45) is 0 Å². The fraction of sp³-hybridized carbons (Fsp3) is 0.188. The molecule has 2 aromatic carbocycles. The van der Waals surface area contributed by atoms with Gasteiger partial charge in [0.2, 0.25) is 0 Å². The Morgan fingerprint density at radius 1 is 1.00 bits per heavy atom. The van der Waals surface area contributed by atoms with E-state index in [-0.39, 0.29) is 6.54 Å². The lowest BCUT2D eigenvalue weighted by Crippen LogP contribution is -2.30. The standard InChI is InChI=1S/C16H15F3N2O2/c17-12-7-8-13(15(19)14(12)18)21-16(22)20-9-4-10-23-11-5-2-1-3-6-11/h1-3,5-8H,4,9-10H2,(H2,20,21,22). The average Bonchev–Trinajstić information content (AvgIpc) is 2.56. The largest absolute Gasteiger partial charge is 0.494 e. The van der Waals surface area contributed by atoms with E-state index in [0.717, 1.165) is 17.9 Å². The summed E-state index contributed by atoms with van der Waals surface area (Å²) < 4.78 is 44.6. The Hall–Kier alpha value is -2.70. The predicted octanol–water partition coefficient (Wildman–Crippen LogP) is 3.69. The summed E-state index contributed by atoms with van der Waals surface area (Å²) in [4.78, 5) is 11.5. The first-order valence-electron chi connectivity index (χ1n) is 6.94. The number of carbonyl (C=O) groups excluding carboxylic acids is 1. The topological polar surface area (TPSA) is 50.4 Å². The van der Waals surface area contributed by atoms with Crippen LogP contribution in [0, 0.1) is 17.5 Å². The van der Waals surface area contributed by atoms with Crippen LogP contribution in [-0.2, 0) is 0 Å². The van der Waals surface area contributed by atoms with Crippen LogP contribution in [0.5, 0.6) is 5.75 Å². The first-order valence-corrected chi connectivity index (χ1v) is 6.94. The molecule has 0 spiro atoms. The van der Waals surface area contributed by atoms with E-state index in [0.29, 0.717) is 13.0 Å². The Morgan fingerprint density at radius 2 is 1.74 bits per heavy atom. The lowest BCUT2D eigenvalue weighted by Gasteiger charge is -2.09. The molecular formula is C16H15F3N2O2. The smallest absolute Gasteiger partial charge is 0.319 e. The lowest BCUT2D eigenvalue weighted by atomic mass is 10.3. The summed E-state index contributed by atoms with van der Waals surface area (Å²) in [5.74, 6) is -3.65. The minimum atomic E-state index is -1.63. The third-order valence-corrected chi connectivity index (χ3v) is 2.90. The second-order valence-corrected chi connectivity index (χ2v) is 4.62. The van der Waals surface area contributed by atoms with Crippen molar-refractivity contribution in [3.63, 3.8) is 0 Å². The van der Waals surface area contributed by atoms with E-state index < -0.39 is 29.2 Å². The number of benzene rings is 2. The quantitative estimate of drug-likeness (QED) is 0.629. The molecule has 122 valence electrons. The summed E-state index contributed by atoms with van der Waals surface area (Å²) in [6, 6.07) is 10.2. The first kappa shape index (κ1) is 16.7. The molecule has 7 heteroatoms. The van der Waals surface area contributed by atoms with E-state index in [1.165, 1.54) is 0 Å². The van der Waals surface area contributed by atoms with E-state index in [2.05, 4.69) is 10.6 Å². The molecule has 0 fully saturated rings. The summed E-state index contributed by atoms with van der Waals surface area (Å²) in [5.41, 5.74) is -0.429. The second kappa shape index (κ2) is 8.07. The number of hydrogen-bond acceptors (Lipinski definition) is 2. The van der Waals surface area contributed by atoms with Crippen LogP contribution in [0.15, 0.2) is 42.5 Å². The van der Waals surface area contributed by atoms with E-state index in [1.807, 2.05) is 30.3 Å². The van der Waals surface area contributed by atoms with Gasteiger partial charge < -0.3 is 15.4 Å². The van der Waals surface area contributed by atoms with Crippen LogP contribution < -0.4 is 15.4 Å². The van der Waals surface area contributed by atoms with Crippen molar-refractivity contribution in [2.75, 3.05) is 18.5 Å². The molecule has 0 aromatic heterocycles. The SMILES string of the molecule is O=C(NCCCOc1ccccc1)Nc1ccc(F)c(F)c1F. The minimum absolute atomic E-state index is 0.282. The van der Waals surface area contributed by atoms with Gasteiger partial charge in [0, 0.05) is 6.54 Å². The van der Waals surface area contributed by atoms with Gasteiger partial charge in [-0.1, -0.05) is 18.2 Å². The molecule has 0 unspecified atom stereocenters. The van der Waals surface area contributed by atoms with Crippen molar-refractivity contribution in [1.82, 2.24) is 5.32 Å². The molecule has 2 aromatic rings. The fourth-order valence-electron chi connectivity index (χ4n) is 1.77. The Labute approximate surface area is 131 Å². The molecule has 2 rings (SSSR count). The van der Waals surface area contributed by atoms with Gasteiger partial charge in [0.25, 0.3) is 0 Å². The minimum Gasteiger partial charge on any atom is -0.494 e. The Bertz CT molecular complexity index is 666. The molecule has 2 N–H and O–H groups in total. The van der Waals surface area contributed by atoms with Crippen LogP contribution in [0.2, 0.25) is 0 Å². The maximum absolute atomic E-state index is 13.4. The average molecular weight is 324 g/mol. The van der Waals surface area contributed by atoms with Gasteiger partial charge in [-0.3, -0.25) is 0 Å². The van der Waals surface area contributed by atoms with Gasteiger partial charge in [0.1, 0.15) is 5.75 Å². The first-order chi connectivity index (χ1) is 11.1. The van der Waals surface area contributed by atoms with Crippen molar-refractivity contribution in [2.45, 2.75) is 6.42 Å². The Balaban J connectivity index is 1.70. The van der Waals surface area contributed by atoms with Crippen molar-refractivity contribution in [1.29, 1.82) is 0 Å². The highest BCUT2D eigenvalue weighted by atomic mass is 19.2. The number of amides is 2. The monoisotopic (exact) mass is 324 g/mol. The molecular weight excluding hydrogens is 309 g/mol. The van der Waals surface area contributed by atoms with Crippen LogP contribution >= 0.6 is 0 Å². The number of carbonyl (C=O) groups is 1. The molecule has 0 aliphatic heterocycles. The Kier molecular flexibility index (Phi) is 5.85. The highest BCUT2D eigenvalue weighted by Crippen LogP contribution is 2.19. The fourth-order valence-corrected chi connectivity index (χ4v) is 1.77. The molecule has 0 saturated heterocycles. The van der Waals surface area contributed by atoms with Crippen LogP contribution in [-0.4, -0.2) is 19.2 Å². The number of hydrogen-bond donors (Lipinski definition) is 2. The summed E-state index contributed by atoms with van der Waals surface area (Å²) >= 11 is 0. The molecule has 4 nitrogen and oxygen atoms in total. The molecule has 0 atom stereocenters. The van der Waals surface area contributed by atoms with Gasteiger partial charge >= 0.3 is 6.03 Å². The molecule has 2 amide bonds. The van der Waals surface area contributed by atoms with E-state index in [9.17, 15) is 18.0 Å². The van der Waals surface area contributed by atoms with Gasteiger partial charge in [0.05, 0.1) is 12.3 Å². The van der Waals surface area contributed by atoms with E-state index in [4.69, 9.17) is 4.74 Å². The van der Waals surface area contributed by atoms with Crippen LogP contribution in [0.3, 0.4) is 0 Å². The normalized spacial score (nSPS) is 10.2. The summed E-state index contributed by atoms with van der Waals surface area (Å²) in [5, 5.41) is 4.58. The molecule has 0 heterocycles. The zero-order valence-corrected chi connectivity index (χ0v) is 12.1. The van der Waals surface area contributed by atoms with Crippen LogP contribution in [0.4, 0.5) is 23.7 Å². The third kappa shape index (κ3) is 4.91. The van der Waals surface area contributed by atoms with Crippen molar-refractivity contribution in [3.8, 4) is 5.75 Å². The number of ether oxygens (including phenoxy) is 1. The maximum Gasteiger partial charge on any atom is 0.319 e. The summed E-state index contributed by atoms with van der Waals surface area (Å²) in [7, 11) is 0. The van der Waals surface area contributed by atoms with Gasteiger partial charge in [-0.05, 0) is 30.7 Å². The predicted molar refractivity (Wildman–Crippen MR) is 79.9 cm³/mol. The summed E-state index contributed by atoms with van der Waals surface area (Å²) in [6.45, 7) is 0.674. The molecule has 0 radical (unpaired) electrons. The number of rotatable bonds is 6. The third-order valence-electron chi connectivity index (χ3n) is 2.90. The van der Waals surface area contributed by atoms with Gasteiger partial charge in [-0.15, -0.1) is 0 Å². The Morgan fingerprint density at radius 3 is 2.48 bits per heavy atom. The molecule has 23 heavy (non-hydrogen) atoms. The van der Waals surface area contributed by atoms with E-state index >= 15 is 0 Å². The van der Waals surface area contributed by atoms with Crippen molar-refractivity contribution >= 4 is 11.7 Å². The van der Waals surface area contributed by atoms with Crippen molar-refractivity contribution in [3.05, 3.63) is 59.9 Å². The van der Waals surface area contributed by atoms with Gasteiger partial charge in [0.15, 0.2) is 17.5 Å². The number of halogens is 3. The zero-order chi connectivity index (χ0) is 16.7. The lowest BCUT2D eigenvalue weighted by molar-refractivity contribution is 0.250. The second-order valence-electron chi connectivity index (χ2n) is 4.62. The number of nitrogens with one attached hydrogen (secondary N) is 2. The molecule has 0 saturated carbocycles. The molecule has 0 aliphatic carbocycles. The zero-order valence-electron chi connectivity index (χ0n) is 12.1. The van der Waals surface area contributed by atoms with Crippen LogP contribution in [0.1, 0.15) is 6.42 Å². The molecule has 0 bridgehead atoms. The van der Waals surface area contributed by atoms with Crippen molar-refractivity contribution < 1.29 is 22.7 Å². The highest BCUT2D eigenvalue weighted by molar-refractivity contribution is 5.89.